The van der Waals surface area contributed by atoms with Gasteiger partial charge in [0.05, 0.1) is 6.54 Å². The lowest BCUT2D eigenvalue weighted by Gasteiger charge is -2.15. The molecule has 1 aromatic carbocycles. The number of carbonyl (C=O) groups excluding carboxylic acids is 5. The van der Waals surface area contributed by atoms with E-state index in [1.54, 1.807) is 31.2 Å². The maximum absolute atomic E-state index is 12.2. The standard InChI is InChI=1S/C20H27N5O5/c1-12-9-18(28)25(20(12)30)8-7-16(26)22-11-17(27)23-13(2)19(29)24-15-5-3-14(10-21)4-6-15/h3-6,12-13H,7-11,21H2,1-2H3,(H,22,26)(H,23,27)(H,24,29). The van der Waals surface area contributed by atoms with E-state index in [-0.39, 0.29) is 43.7 Å². The second-order valence-corrected chi connectivity index (χ2v) is 7.20. The summed E-state index contributed by atoms with van der Waals surface area (Å²) in [5, 5.41) is 7.58. The number of amides is 5. The van der Waals surface area contributed by atoms with Gasteiger partial charge in [0.15, 0.2) is 0 Å². The fraction of sp³-hybridized carbons (Fsp3) is 0.450. The molecule has 1 heterocycles. The van der Waals surface area contributed by atoms with Crippen LogP contribution in [-0.4, -0.2) is 53.6 Å². The van der Waals surface area contributed by atoms with E-state index in [4.69, 9.17) is 5.73 Å². The van der Waals surface area contributed by atoms with Crippen molar-refractivity contribution in [2.75, 3.05) is 18.4 Å². The number of likely N-dealkylation sites (tertiary alicyclic amines) is 1. The molecule has 0 aromatic heterocycles. The summed E-state index contributed by atoms with van der Waals surface area (Å²) in [6.07, 6.45) is 0.0618. The number of anilines is 1. The van der Waals surface area contributed by atoms with Crippen molar-refractivity contribution in [3.05, 3.63) is 29.8 Å². The molecule has 10 nitrogen and oxygen atoms in total. The van der Waals surface area contributed by atoms with Crippen molar-refractivity contribution in [3.8, 4) is 0 Å². The number of imide groups is 1. The van der Waals surface area contributed by atoms with Gasteiger partial charge in [-0.25, -0.2) is 0 Å². The molecule has 10 heteroatoms. The van der Waals surface area contributed by atoms with Gasteiger partial charge in [-0.05, 0) is 24.6 Å². The normalized spacial score (nSPS) is 16.9. The Morgan fingerprint density at radius 1 is 1.17 bits per heavy atom. The SMILES string of the molecule is CC1CC(=O)N(CCC(=O)NCC(=O)NC(C)C(=O)Nc2ccc(CN)cc2)C1=O. The highest BCUT2D eigenvalue weighted by Gasteiger charge is 2.35. The predicted octanol–water partition coefficient (Wildman–Crippen LogP) is -0.510. The Labute approximate surface area is 174 Å². The molecule has 1 fully saturated rings. The van der Waals surface area contributed by atoms with Crippen molar-refractivity contribution in [3.63, 3.8) is 0 Å². The summed E-state index contributed by atoms with van der Waals surface area (Å²) in [5.74, 6) is -2.36. The summed E-state index contributed by atoms with van der Waals surface area (Å²) in [6.45, 7) is 3.25. The summed E-state index contributed by atoms with van der Waals surface area (Å²) in [5.41, 5.74) is 7.03. The topological polar surface area (TPSA) is 151 Å². The third-order valence-corrected chi connectivity index (χ3v) is 4.71. The number of benzene rings is 1. The van der Waals surface area contributed by atoms with Gasteiger partial charge in [-0.3, -0.25) is 28.9 Å². The highest BCUT2D eigenvalue weighted by molar-refractivity contribution is 6.03. The summed E-state index contributed by atoms with van der Waals surface area (Å²) < 4.78 is 0. The molecule has 162 valence electrons. The molecule has 0 radical (unpaired) electrons. The minimum Gasteiger partial charge on any atom is -0.347 e. The van der Waals surface area contributed by atoms with Gasteiger partial charge >= 0.3 is 0 Å². The van der Waals surface area contributed by atoms with Crippen molar-refractivity contribution in [1.82, 2.24) is 15.5 Å². The van der Waals surface area contributed by atoms with E-state index < -0.39 is 23.8 Å². The molecule has 5 amide bonds. The van der Waals surface area contributed by atoms with E-state index in [1.807, 2.05) is 0 Å². The van der Waals surface area contributed by atoms with Gasteiger partial charge in [-0.15, -0.1) is 0 Å². The minimum atomic E-state index is -0.815. The molecule has 0 saturated carbocycles. The first kappa shape index (κ1) is 23.0. The maximum Gasteiger partial charge on any atom is 0.246 e. The fourth-order valence-corrected chi connectivity index (χ4v) is 2.90. The monoisotopic (exact) mass is 417 g/mol. The molecule has 30 heavy (non-hydrogen) atoms. The van der Waals surface area contributed by atoms with Crippen molar-refractivity contribution in [2.45, 2.75) is 39.3 Å². The van der Waals surface area contributed by atoms with Crippen LogP contribution >= 0.6 is 0 Å². The van der Waals surface area contributed by atoms with Crippen LogP contribution < -0.4 is 21.7 Å². The van der Waals surface area contributed by atoms with E-state index in [1.165, 1.54) is 6.92 Å². The first-order valence-electron chi connectivity index (χ1n) is 9.71. The van der Waals surface area contributed by atoms with Crippen LogP contribution in [0.4, 0.5) is 5.69 Å². The number of nitrogens with one attached hydrogen (secondary N) is 3. The zero-order chi connectivity index (χ0) is 22.3. The lowest BCUT2D eigenvalue weighted by atomic mass is 10.1. The quantitative estimate of drug-likeness (QED) is 0.397. The Bertz CT molecular complexity index is 823. The molecule has 0 aliphatic carbocycles. The third kappa shape index (κ3) is 6.38. The molecule has 2 unspecified atom stereocenters. The van der Waals surface area contributed by atoms with Crippen molar-refractivity contribution in [2.24, 2.45) is 11.7 Å². The highest BCUT2D eigenvalue weighted by Crippen LogP contribution is 2.18. The molecule has 1 saturated heterocycles. The minimum absolute atomic E-state index is 0.0167. The van der Waals surface area contributed by atoms with E-state index >= 15 is 0 Å². The molecular formula is C20H27N5O5. The Kier molecular flexibility index (Phi) is 8.05. The number of carbonyl (C=O) groups is 5. The van der Waals surface area contributed by atoms with E-state index in [9.17, 15) is 24.0 Å². The molecule has 0 spiro atoms. The van der Waals surface area contributed by atoms with Gasteiger partial charge in [0, 0.05) is 37.5 Å². The first-order chi connectivity index (χ1) is 14.2. The molecule has 1 aliphatic heterocycles. The highest BCUT2D eigenvalue weighted by atomic mass is 16.2. The van der Waals surface area contributed by atoms with Gasteiger partial charge < -0.3 is 21.7 Å². The molecule has 0 bridgehead atoms. The van der Waals surface area contributed by atoms with Crippen LogP contribution in [-0.2, 0) is 30.5 Å². The lowest BCUT2D eigenvalue weighted by molar-refractivity contribution is -0.139. The Balaban J connectivity index is 1.70. The van der Waals surface area contributed by atoms with Crippen molar-refractivity contribution >= 4 is 35.2 Å². The molecule has 5 N–H and O–H groups in total. The predicted molar refractivity (Wildman–Crippen MR) is 109 cm³/mol. The summed E-state index contributed by atoms with van der Waals surface area (Å²) in [7, 11) is 0. The van der Waals surface area contributed by atoms with Gasteiger partial charge in [0.25, 0.3) is 0 Å². The Hall–Kier alpha value is -3.27. The van der Waals surface area contributed by atoms with Gasteiger partial charge in [-0.1, -0.05) is 19.1 Å². The summed E-state index contributed by atoms with van der Waals surface area (Å²) >= 11 is 0. The zero-order valence-corrected chi connectivity index (χ0v) is 17.1. The Morgan fingerprint density at radius 3 is 2.40 bits per heavy atom. The van der Waals surface area contributed by atoms with Crippen LogP contribution in [0.5, 0.6) is 0 Å². The van der Waals surface area contributed by atoms with Crippen molar-refractivity contribution < 1.29 is 24.0 Å². The van der Waals surface area contributed by atoms with Crippen LogP contribution in [0, 0.1) is 5.92 Å². The van der Waals surface area contributed by atoms with Gasteiger partial charge in [-0.2, -0.15) is 0 Å². The van der Waals surface area contributed by atoms with Gasteiger partial charge in [0.1, 0.15) is 6.04 Å². The van der Waals surface area contributed by atoms with Crippen LogP contribution in [0.1, 0.15) is 32.3 Å². The van der Waals surface area contributed by atoms with Gasteiger partial charge in [0.2, 0.25) is 29.5 Å². The number of rotatable bonds is 9. The Morgan fingerprint density at radius 2 is 1.83 bits per heavy atom. The largest absolute Gasteiger partial charge is 0.347 e. The fourth-order valence-electron chi connectivity index (χ4n) is 2.90. The second kappa shape index (κ2) is 10.5. The number of nitrogens with zero attached hydrogens (tertiary/aromatic N) is 1. The smallest absolute Gasteiger partial charge is 0.246 e. The molecule has 2 atom stereocenters. The second-order valence-electron chi connectivity index (χ2n) is 7.20. The van der Waals surface area contributed by atoms with Crippen LogP contribution in [0.25, 0.3) is 0 Å². The maximum atomic E-state index is 12.2. The summed E-state index contributed by atoms with van der Waals surface area (Å²) in [4.78, 5) is 60.6. The number of nitrogens with two attached hydrogens (primary N) is 1. The molecule has 2 rings (SSSR count). The van der Waals surface area contributed by atoms with E-state index in [0.29, 0.717) is 12.2 Å². The number of hydrogen-bond donors (Lipinski definition) is 4. The summed E-state index contributed by atoms with van der Waals surface area (Å²) in [6, 6.07) is 6.19. The first-order valence-corrected chi connectivity index (χ1v) is 9.71. The molecular weight excluding hydrogens is 390 g/mol. The van der Waals surface area contributed by atoms with Crippen LogP contribution in [0.2, 0.25) is 0 Å². The van der Waals surface area contributed by atoms with Crippen molar-refractivity contribution in [1.29, 1.82) is 0 Å². The van der Waals surface area contributed by atoms with E-state index in [2.05, 4.69) is 16.0 Å². The molecule has 1 aromatic rings. The molecule has 1 aliphatic rings. The average Bonchev–Trinajstić information content (AvgIpc) is 2.96. The van der Waals surface area contributed by atoms with E-state index in [0.717, 1.165) is 10.5 Å². The number of hydrogen-bond acceptors (Lipinski definition) is 6. The zero-order valence-electron chi connectivity index (χ0n) is 17.1. The van der Waals surface area contributed by atoms with Crippen LogP contribution in [0.15, 0.2) is 24.3 Å². The lowest BCUT2D eigenvalue weighted by Crippen LogP contribution is -2.46. The third-order valence-electron chi connectivity index (χ3n) is 4.71. The average molecular weight is 417 g/mol. The van der Waals surface area contributed by atoms with Crippen LogP contribution in [0.3, 0.4) is 0 Å².